The van der Waals surface area contributed by atoms with Crippen LogP contribution in [0.15, 0.2) is 0 Å². The predicted molar refractivity (Wildman–Crippen MR) is 75.2 cm³/mol. The van der Waals surface area contributed by atoms with Crippen molar-refractivity contribution in [2.75, 3.05) is 40.3 Å². The Hall–Kier alpha value is -1.30. The zero-order valence-corrected chi connectivity index (χ0v) is 12.7. The van der Waals surface area contributed by atoms with E-state index in [1.165, 1.54) is 0 Å². The monoisotopic (exact) mass is 273 g/mol. The van der Waals surface area contributed by atoms with Crippen LogP contribution in [0, 0.1) is 5.41 Å². The van der Waals surface area contributed by atoms with E-state index < -0.39 is 11.4 Å². The molecule has 0 aliphatic carbocycles. The second kappa shape index (κ2) is 7.99. The normalized spacial score (nSPS) is 11.5. The predicted octanol–water partition coefficient (Wildman–Crippen LogP) is 1.08. The van der Waals surface area contributed by atoms with Crippen LogP contribution in [0.2, 0.25) is 0 Å². The highest BCUT2D eigenvalue weighted by atomic mass is 16.4. The molecule has 0 saturated carbocycles. The van der Waals surface area contributed by atoms with E-state index in [4.69, 9.17) is 5.11 Å². The molecule has 0 aliphatic heterocycles. The number of carboxylic acid groups (broad SMARTS) is 1. The molecule has 0 fully saturated rings. The lowest BCUT2D eigenvalue weighted by Crippen LogP contribution is -2.46. The number of hydrogen-bond acceptors (Lipinski definition) is 3. The van der Waals surface area contributed by atoms with Gasteiger partial charge in [-0.05, 0) is 47.8 Å². The Morgan fingerprint density at radius 2 is 1.79 bits per heavy atom. The average molecular weight is 273 g/mol. The zero-order chi connectivity index (χ0) is 15.1. The first-order valence-electron chi connectivity index (χ1n) is 6.61. The molecule has 19 heavy (non-hydrogen) atoms. The number of nitrogens with one attached hydrogen (secondary N) is 1. The molecule has 0 saturated heterocycles. The first-order valence-corrected chi connectivity index (χ1v) is 6.61. The van der Waals surface area contributed by atoms with Gasteiger partial charge in [0.2, 0.25) is 0 Å². The van der Waals surface area contributed by atoms with E-state index in [0.29, 0.717) is 13.1 Å². The van der Waals surface area contributed by atoms with Crippen molar-refractivity contribution in [3.05, 3.63) is 0 Å². The number of carbonyl (C=O) groups excluding carboxylic acids is 1. The molecular formula is C13H27N3O3. The van der Waals surface area contributed by atoms with Crippen LogP contribution in [0.1, 0.15) is 27.2 Å². The SMILES string of the molecule is CCN(CCCN(C)C)C(=O)NCC(C)(C)C(=O)O. The van der Waals surface area contributed by atoms with Crippen molar-refractivity contribution in [1.29, 1.82) is 0 Å². The highest BCUT2D eigenvalue weighted by Gasteiger charge is 2.28. The molecule has 0 aromatic heterocycles. The van der Waals surface area contributed by atoms with Crippen molar-refractivity contribution in [2.45, 2.75) is 27.2 Å². The molecule has 2 amide bonds. The van der Waals surface area contributed by atoms with Gasteiger partial charge in [-0.15, -0.1) is 0 Å². The maximum Gasteiger partial charge on any atom is 0.317 e. The fourth-order valence-corrected chi connectivity index (χ4v) is 1.47. The standard InChI is InChI=1S/C13H27N3O3/c1-6-16(9-7-8-15(4)5)12(19)14-10-13(2,3)11(17)18/h6-10H2,1-5H3,(H,14,19)(H,17,18). The number of carboxylic acids is 1. The molecule has 0 aliphatic rings. The van der Waals surface area contributed by atoms with Crippen LogP contribution < -0.4 is 5.32 Å². The molecule has 112 valence electrons. The highest BCUT2D eigenvalue weighted by molar-refractivity contribution is 5.77. The number of aliphatic carboxylic acids is 1. The second-order valence-electron chi connectivity index (χ2n) is 5.58. The molecular weight excluding hydrogens is 246 g/mol. The van der Waals surface area contributed by atoms with Crippen LogP contribution in [0.3, 0.4) is 0 Å². The fraction of sp³-hybridized carbons (Fsp3) is 0.846. The molecule has 0 spiro atoms. The number of amides is 2. The Kier molecular flexibility index (Phi) is 7.44. The van der Waals surface area contributed by atoms with E-state index in [9.17, 15) is 9.59 Å². The molecule has 0 heterocycles. The van der Waals surface area contributed by atoms with Crippen molar-refractivity contribution in [1.82, 2.24) is 15.1 Å². The van der Waals surface area contributed by atoms with Gasteiger partial charge in [-0.25, -0.2) is 4.79 Å². The van der Waals surface area contributed by atoms with Gasteiger partial charge >= 0.3 is 12.0 Å². The molecule has 0 radical (unpaired) electrons. The van der Waals surface area contributed by atoms with Crippen LogP contribution in [0.4, 0.5) is 4.79 Å². The highest BCUT2D eigenvalue weighted by Crippen LogP contribution is 2.13. The van der Waals surface area contributed by atoms with E-state index in [0.717, 1.165) is 13.0 Å². The summed E-state index contributed by atoms with van der Waals surface area (Å²) in [5, 5.41) is 11.7. The minimum absolute atomic E-state index is 0.130. The first kappa shape index (κ1) is 17.7. The summed E-state index contributed by atoms with van der Waals surface area (Å²) in [7, 11) is 3.98. The first-order chi connectivity index (χ1) is 8.70. The average Bonchev–Trinajstić information content (AvgIpc) is 2.31. The van der Waals surface area contributed by atoms with Gasteiger partial charge in [0.05, 0.1) is 5.41 Å². The number of carbonyl (C=O) groups is 2. The van der Waals surface area contributed by atoms with Gasteiger partial charge in [0.15, 0.2) is 0 Å². The van der Waals surface area contributed by atoms with Crippen LogP contribution in [-0.2, 0) is 4.79 Å². The van der Waals surface area contributed by atoms with E-state index in [2.05, 4.69) is 10.2 Å². The lowest BCUT2D eigenvalue weighted by atomic mass is 9.94. The summed E-state index contributed by atoms with van der Waals surface area (Å²) in [6.07, 6.45) is 0.899. The minimum Gasteiger partial charge on any atom is -0.481 e. The van der Waals surface area contributed by atoms with E-state index >= 15 is 0 Å². The third-order valence-corrected chi connectivity index (χ3v) is 2.96. The topological polar surface area (TPSA) is 72.9 Å². The van der Waals surface area contributed by atoms with Gasteiger partial charge in [-0.1, -0.05) is 0 Å². The number of rotatable bonds is 8. The number of hydrogen-bond donors (Lipinski definition) is 2. The lowest BCUT2D eigenvalue weighted by molar-refractivity contribution is -0.146. The Bertz CT molecular complexity index is 304. The van der Waals surface area contributed by atoms with Gasteiger partial charge in [-0.3, -0.25) is 4.79 Å². The third-order valence-electron chi connectivity index (χ3n) is 2.96. The Morgan fingerprint density at radius 3 is 2.21 bits per heavy atom. The summed E-state index contributed by atoms with van der Waals surface area (Å²) in [6, 6.07) is -0.199. The summed E-state index contributed by atoms with van der Waals surface area (Å²) < 4.78 is 0. The van der Waals surface area contributed by atoms with Gasteiger partial charge < -0.3 is 20.2 Å². The van der Waals surface area contributed by atoms with Crippen LogP contribution >= 0.6 is 0 Å². The van der Waals surface area contributed by atoms with E-state index in [1.54, 1.807) is 18.7 Å². The van der Waals surface area contributed by atoms with Gasteiger partial charge in [0.25, 0.3) is 0 Å². The summed E-state index contributed by atoms with van der Waals surface area (Å²) in [5.74, 6) is -0.913. The smallest absolute Gasteiger partial charge is 0.317 e. The van der Waals surface area contributed by atoms with Crippen molar-refractivity contribution in [2.24, 2.45) is 5.41 Å². The maximum atomic E-state index is 11.9. The van der Waals surface area contributed by atoms with Crippen LogP contribution in [-0.4, -0.2) is 67.2 Å². The molecule has 0 bridgehead atoms. The van der Waals surface area contributed by atoms with E-state index in [-0.39, 0.29) is 12.6 Å². The molecule has 6 heteroatoms. The third kappa shape index (κ3) is 7.00. The van der Waals surface area contributed by atoms with E-state index in [1.807, 2.05) is 21.0 Å². The zero-order valence-electron chi connectivity index (χ0n) is 12.7. The molecule has 0 unspecified atom stereocenters. The van der Waals surface area contributed by atoms with Gasteiger partial charge in [0, 0.05) is 19.6 Å². The molecule has 2 N–H and O–H groups in total. The summed E-state index contributed by atoms with van der Waals surface area (Å²) >= 11 is 0. The summed E-state index contributed by atoms with van der Waals surface area (Å²) in [6.45, 7) is 7.45. The Morgan fingerprint density at radius 1 is 1.21 bits per heavy atom. The van der Waals surface area contributed by atoms with Crippen LogP contribution in [0.5, 0.6) is 0 Å². The molecule has 0 rings (SSSR count). The Labute approximate surface area is 115 Å². The summed E-state index contributed by atoms with van der Waals surface area (Å²) in [5.41, 5.74) is -0.946. The lowest BCUT2D eigenvalue weighted by Gasteiger charge is -2.25. The molecule has 6 nitrogen and oxygen atoms in total. The minimum atomic E-state index is -0.946. The van der Waals surface area contributed by atoms with Crippen molar-refractivity contribution in [3.63, 3.8) is 0 Å². The Balaban J connectivity index is 4.18. The quantitative estimate of drug-likeness (QED) is 0.694. The number of nitrogens with zero attached hydrogens (tertiary/aromatic N) is 2. The molecule has 0 atom stereocenters. The number of urea groups is 1. The molecule has 0 aromatic carbocycles. The maximum absolute atomic E-state index is 11.9. The van der Waals surface area contributed by atoms with Crippen molar-refractivity contribution in [3.8, 4) is 0 Å². The largest absolute Gasteiger partial charge is 0.481 e. The van der Waals surface area contributed by atoms with Crippen molar-refractivity contribution >= 4 is 12.0 Å². The van der Waals surface area contributed by atoms with Crippen molar-refractivity contribution < 1.29 is 14.7 Å². The second-order valence-corrected chi connectivity index (χ2v) is 5.58. The fourth-order valence-electron chi connectivity index (χ4n) is 1.47. The van der Waals surface area contributed by atoms with Gasteiger partial charge in [0.1, 0.15) is 0 Å². The van der Waals surface area contributed by atoms with Crippen LogP contribution in [0.25, 0.3) is 0 Å². The molecule has 0 aromatic rings. The van der Waals surface area contributed by atoms with Gasteiger partial charge in [-0.2, -0.15) is 0 Å². The summed E-state index contributed by atoms with van der Waals surface area (Å²) in [4.78, 5) is 26.6.